The van der Waals surface area contributed by atoms with Crippen molar-refractivity contribution in [2.75, 3.05) is 19.0 Å². The first-order chi connectivity index (χ1) is 9.62. The van der Waals surface area contributed by atoms with Crippen LogP contribution in [0.15, 0.2) is 23.4 Å². The van der Waals surface area contributed by atoms with E-state index in [0.717, 1.165) is 12.8 Å². The minimum atomic E-state index is -0.298. The van der Waals surface area contributed by atoms with Crippen LogP contribution in [0.3, 0.4) is 0 Å². The molecule has 110 valence electrons. The van der Waals surface area contributed by atoms with Crippen molar-refractivity contribution in [3.8, 4) is 5.75 Å². The first-order valence-corrected chi connectivity index (χ1v) is 6.33. The number of anilines is 1. The second-order valence-electron chi connectivity index (χ2n) is 4.13. The molecule has 0 aliphatic carbocycles. The fourth-order valence-corrected chi connectivity index (χ4v) is 1.56. The van der Waals surface area contributed by atoms with E-state index in [1.807, 2.05) is 0 Å². The molecule has 0 aliphatic rings. The van der Waals surface area contributed by atoms with Gasteiger partial charge in [0.05, 0.1) is 12.8 Å². The summed E-state index contributed by atoms with van der Waals surface area (Å²) in [5.41, 5.74) is 6.51. The van der Waals surface area contributed by atoms with Crippen LogP contribution in [0.5, 0.6) is 5.75 Å². The predicted molar refractivity (Wildman–Crippen MR) is 77.4 cm³/mol. The number of rotatable bonds is 6. The van der Waals surface area contributed by atoms with E-state index in [9.17, 15) is 4.79 Å². The van der Waals surface area contributed by atoms with Gasteiger partial charge in [0, 0.05) is 12.1 Å². The van der Waals surface area contributed by atoms with E-state index < -0.39 is 0 Å². The molecule has 1 rings (SSSR count). The first kappa shape index (κ1) is 15.6. The Morgan fingerprint density at radius 1 is 1.50 bits per heavy atom. The third kappa shape index (κ3) is 4.34. The summed E-state index contributed by atoms with van der Waals surface area (Å²) in [5, 5.41) is 17.0. The number of nitrogens with two attached hydrogens (primary N) is 1. The Morgan fingerprint density at radius 2 is 2.25 bits per heavy atom. The zero-order valence-electron chi connectivity index (χ0n) is 11.6. The Bertz CT molecular complexity index is 489. The van der Waals surface area contributed by atoms with Crippen LogP contribution in [-0.2, 0) is 0 Å². The molecule has 2 amide bonds. The predicted octanol–water partition coefficient (Wildman–Crippen LogP) is 1.71. The maximum absolute atomic E-state index is 11.7. The largest absolute Gasteiger partial charge is 0.495 e. The van der Waals surface area contributed by atoms with Crippen LogP contribution in [0, 0.1) is 0 Å². The van der Waals surface area contributed by atoms with Crippen LogP contribution in [0.1, 0.15) is 25.3 Å². The monoisotopic (exact) mass is 280 g/mol. The summed E-state index contributed by atoms with van der Waals surface area (Å²) in [6.07, 6.45) is 1.94. The molecule has 7 nitrogen and oxygen atoms in total. The van der Waals surface area contributed by atoms with E-state index in [0.29, 0.717) is 23.5 Å². The number of nitrogens with zero attached hydrogens (tertiary/aromatic N) is 1. The molecule has 1 aromatic carbocycles. The van der Waals surface area contributed by atoms with Gasteiger partial charge in [-0.25, -0.2) is 4.79 Å². The number of oxime groups is 1. The molecule has 0 aromatic heterocycles. The first-order valence-electron chi connectivity index (χ1n) is 6.33. The van der Waals surface area contributed by atoms with Gasteiger partial charge in [0.2, 0.25) is 0 Å². The number of hydrogen-bond donors (Lipinski definition) is 4. The third-order valence-corrected chi connectivity index (χ3v) is 2.67. The number of amidine groups is 1. The number of ether oxygens (including phenoxy) is 1. The summed E-state index contributed by atoms with van der Waals surface area (Å²) in [5.74, 6) is 0.405. The summed E-state index contributed by atoms with van der Waals surface area (Å²) in [6, 6.07) is 4.54. The highest BCUT2D eigenvalue weighted by Crippen LogP contribution is 2.25. The lowest BCUT2D eigenvalue weighted by Gasteiger charge is -2.12. The highest BCUT2D eigenvalue weighted by molar-refractivity contribution is 5.99. The molecule has 7 heteroatoms. The molecule has 0 bridgehead atoms. The molecule has 0 atom stereocenters. The normalized spacial score (nSPS) is 11.0. The van der Waals surface area contributed by atoms with E-state index >= 15 is 0 Å². The maximum atomic E-state index is 11.7. The number of nitrogens with one attached hydrogen (secondary N) is 2. The summed E-state index contributed by atoms with van der Waals surface area (Å²) >= 11 is 0. The standard InChI is InChI=1S/C13H20N4O3/c1-3-4-7-15-13(18)16-10-6-5-9(12(14)17-19)8-11(10)20-2/h5-6,8,19H,3-4,7H2,1-2H3,(H2,14,17)(H2,15,16,18). The molecule has 0 saturated carbocycles. The summed E-state index contributed by atoms with van der Waals surface area (Å²) in [7, 11) is 1.48. The van der Waals surface area contributed by atoms with Gasteiger partial charge in [0.15, 0.2) is 5.84 Å². The van der Waals surface area contributed by atoms with Crippen LogP contribution < -0.4 is 21.1 Å². The average Bonchev–Trinajstić information content (AvgIpc) is 2.47. The van der Waals surface area contributed by atoms with Crippen molar-refractivity contribution in [1.29, 1.82) is 0 Å². The molecule has 0 fully saturated rings. The fraction of sp³-hybridized carbons (Fsp3) is 0.385. The third-order valence-electron chi connectivity index (χ3n) is 2.67. The van der Waals surface area contributed by atoms with E-state index in [4.69, 9.17) is 15.7 Å². The van der Waals surface area contributed by atoms with Gasteiger partial charge < -0.3 is 26.3 Å². The lowest BCUT2D eigenvalue weighted by molar-refractivity contribution is 0.252. The van der Waals surface area contributed by atoms with Crippen LogP contribution in [0.4, 0.5) is 10.5 Å². The molecule has 5 N–H and O–H groups in total. The van der Waals surface area contributed by atoms with Crippen LogP contribution >= 0.6 is 0 Å². The Hall–Kier alpha value is -2.44. The average molecular weight is 280 g/mol. The Labute approximate surface area is 117 Å². The van der Waals surface area contributed by atoms with Crippen LogP contribution in [-0.4, -0.2) is 30.7 Å². The number of amides is 2. The molecule has 0 saturated heterocycles. The Kier molecular flexibility index (Phi) is 6.15. The van der Waals surface area contributed by atoms with Gasteiger partial charge in [-0.15, -0.1) is 0 Å². The van der Waals surface area contributed by atoms with Crippen molar-refractivity contribution < 1.29 is 14.7 Å². The molecule has 1 aromatic rings. The minimum absolute atomic E-state index is 0.0257. The highest BCUT2D eigenvalue weighted by Gasteiger charge is 2.09. The van der Waals surface area contributed by atoms with Gasteiger partial charge in [-0.3, -0.25) is 0 Å². The topological polar surface area (TPSA) is 109 Å². The molecule has 0 heterocycles. The molecule has 0 unspecified atom stereocenters. The Morgan fingerprint density at radius 3 is 2.85 bits per heavy atom. The van der Waals surface area contributed by atoms with Crippen LogP contribution in [0.2, 0.25) is 0 Å². The number of benzene rings is 1. The number of hydrogen-bond acceptors (Lipinski definition) is 4. The number of carbonyl (C=O) groups excluding carboxylic acids is 1. The summed E-state index contributed by atoms with van der Waals surface area (Å²) < 4.78 is 5.17. The van der Waals surface area contributed by atoms with Crippen molar-refractivity contribution in [2.45, 2.75) is 19.8 Å². The smallest absolute Gasteiger partial charge is 0.319 e. The van der Waals surface area contributed by atoms with Gasteiger partial charge in [0.25, 0.3) is 0 Å². The van der Waals surface area contributed by atoms with Crippen molar-refractivity contribution in [2.24, 2.45) is 10.9 Å². The molecular formula is C13H20N4O3. The Balaban J connectivity index is 2.77. The van der Waals surface area contributed by atoms with E-state index in [2.05, 4.69) is 22.7 Å². The summed E-state index contributed by atoms with van der Waals surface area (Å²) in [6.45, 7) is 2.67. The van der Waals surface area contributed by atoms with Crippen molar-refractivity contribution in [1.82, 2.24) is 5.32 Å². The number of methoxy groups -OCH3 is 1. The van der Waals surface area contributed by atoms with Gasteiger partial charge in [-0.05, 0) is 24.6 Å². The highest BCUT2D eigenvalue weighted by atomic mass is 16.5. The number of unbranched alkanes of at least 4 members (excludes halogenated alkanes) is 1. The molecule has 0 radical (unpaired) electrons. The lowest BCUT2D eigenvalue weighted by Crippen LogP contribution is -2.29. The van der Waals surface area contributed by atoms with Crippen molar-refractivity contribution in [3.05, 3.63) is 23.8 Å². The van der Waals surface area contributed by atoms with Gasteiger partial charge >= 0.3 is 6.03 Å². The van der Waals surface area contributed by atoms with Crippen molar-refractivity contribution in [3.63, 3.8) is 0 Å². The molecular weight excluding hydrogens is 260 g/mol. The SMILES string of the molecule is CCCCNC(=O)Nc1ccc(/C(N)=N/O)cc1OC. The summed E-state index contributed by atoms with van der Waals surface area (Å²) in [4.78, 5) is 11.7. The fourth-order valence-electron chi connectivity index (χ4n) is 1.56. The zero-order chi connectivity index (χ0) is 15.0. The van der Waals surface area contributed by atoms with Crippen molar-refractivity contribution >= 4 is 17.6 Å². The number of urea groups is 1. The van der Waals surface area contributed by atoms with E-state index in [-0.39, 0.29) is 11.9 Å². The lowest BCUT2D eigenvalue weighted by atomic mass is 10.1. The van der Waals surface area contributed by atoms with Gasteiger partial charge in [-0.2, -0.15) is 0 Å². The minimum Gasteiger partial charge on any atom is -0.495 e. The second kappa shape index (κ2) is 7.88. The van der Waals surface area contributed by atoms with E-state index in [1.54, 1.807) is 18.2 Å². The molecule has 20 heavy (non-hydrogen) atoms. The van der Waals surface area contributed by atoms with Crippen LogP contribution in [0.25, 0.3) is 0 Å². The molecule has 0 aliphatic heterocycles. The van der Waals surface area contributed by atoms with Gasteiger partial charge in [-0.1, -0.05) is 18.5 Å². The van der Waals surface area contributed by atoms with E-state index in [1.165, 1.54) is 7.11 Å². The molecule has 0 spiro atoms. The zero-order valence-corrected chi connectivity index (χ0v) is 11.6. The van der Waals surface area contributed by atoms with Gasteiger partial charge in [0.1, 0.15) is 5.75 Å². The second-order valence-corrected chi connectivity index (χ2v) is 4.13. The maximum Gasteiger partial charge on any atom is 0.319 e. The number of carbonyl (C=O) groups is 1. The quantitative estimate of drug-likeness (QED) is 0.209.